The Morgan fingerprint density at radius 1 is 0.522 bits per heavy atom. The van der Waals surface area contributed by atoms with E-state index in [0.717, 1.165) is 27.5 Å². The van der Waals surface area contributed by atoms with Gasteiger partial charge in [-0.05, 0) is 57.5 Å². The Morgan fingerprint density at radius 3 is 1.16 bits per heavy atom. The molecule has 0 aliphatic heterocycles. The highest BCUT2D eigenvalue weighted by Crippen LogP contribution is 2.10. The molecule has 0 bridgehead atoms. The number of carbonyl (C=O) groups is 10. The number of amides is 10. The Balaban J connectivity index is 0.000000545. The summed E-state index contributed by atoms with van der Waals surface area (Å²) >= 11 is 0. The van der Waals surface area contributed by atoms with Gasteiger partial charge in [0.1, 0.15) is 18.0 Å². The molecule has 90 heavy (non-hydrogen) atoms. The molecule has 6 aromatic heterocycles. The quantitative estimate of drug-likeness (QED) is 0.0899. The van der Waals surface area contributed by atoms with Crippen LogP contribution in [0.2, 0.25) is 0 Å². The molecule has 10 amide bonds. The van der Waals surface area contributed by atoms with Crippen molar-refractivity contribution in [3.05, 3.63) is 114 Å². The summed E-state index contributed by atoms with van der Waals surface area (Å²) in [6.07, 6.45) is 17.3. The molecule has 0 aromatic carbocycles. The number of aryl methyl sites for hydroxylation is 1. The van der Waals surface area contributed by atoms with Crippen LogP contribution < -0.4 is 16.4 Å². The van der Waals surface area contributed by atoms with E-state index >= 15 is 0 Å². The number of carbonyl (C=O) groups excluding carboxylic acids is 10. The van der Waals surface area contributed by atoms with Crippen molar-refractivity contribution in [3.8, 4) is 0 Å². The third kappa shape index (κ3) is 29.2. The number of hydrogen-bond donors (Lipinski definition) is 3. The number of hydrogen-bond acceptors (Lipinski definition) is 20. The molecule has 0 saturated carbocycles. The minimum absolute atomic E-state index is 0.00162. The molecular formula is C52H71N25O13. The molecule has 0 unspecified atom stereocenters. The first-order valence-electron chi connectivity index (χ1n) is 25.9. The Morgan fingerprint density at radius 2 is 0.867 bits per heavy atom. The molecule has 0 spiro atoms. The predicted molar refractivity (Wildman–Crippen MR) is 324 cm³/mol. The number of nitrogens with one attached hydrogen (secondary N) is 2. The normalized spacial score (nSPS) is 11.5. The van der Waals surface area contributed by atoms with E-state index in [9.17, 15) is 58.1 Å². The van der Waals surface area contributed by atoms with Crippen molar-refractivity contribution in [3.63, 3.8) is 0 Å². The Labute approximate surface area is 514 Å². The van der Waals surface area contributed by atoms with Gasteiger partial charge in [0.2, 0.25) is 88.9 Å². The van der Waals surface area contributed by atoms with Crippen LogP contribution in [-0.2, 0) is 47.9 Å². The van der Waals surface area contributed by atoms with Crippen LogP contribution in [0.3, 0.4) is 0 Å². The number of ether oxygens (including phenoxy) is 1. The van der Waals surface area contributed by atoms with Crippen LogP contribution in [0.4, 0.5) is 10.5 Å². The van der Waals surface area contributed by atoms with E-state index in [-0.39, 0.29) is 76.8 Å². The SMILES string of the molecule is CC(=O)N=C(N(C)C(C)=O)n1cc(C)cn1.CC(=O)N=C(N(C)C(C)=O)n1cc([N+](=O)[O-])cn1.CC(=O)N=C(N(C)C(C)=O)n1cccn1.CC(=O)N=C(NC(C)=O)n1cccn1.CC(=O)NC(=NC(=O)OC(C)(C)C)n1cccn1.CN=C(N)n1cccn1. The van der Waals surface area contributed by atoms with Crippen molar-refractivity contribution in [1.82, 2.24) is 84.0 Å². The fourth-order valence-corrected chi connectivity index (χ4v) is 5.51. The van der Waals surface area contributed by atoms with Gasteiger partial charge < -0.3 is 10.5 Å². The van der Waals surface area contributed by atoms with Crippen LogP contribution in [0.25, 0.3) is 0 Å². The fourth-order valence-electron chi connectivity index (χ4n) is 5.51. The maximum Gasteiger partial charge on any atom is 0.437 e. The van der Waals surface area contributed by atoms with Gasteiger partial charge in [0.25, 0.3) is 0 Å². The summed E-state index contributed by atoms with van der Waals surface area (Å²) in [5, 5.41) is 38.5. The zero-order valence-electron chi connectivity index (χ0n) is 52.5. The topological polar surface area (TPSA) is 464 Å². The van der Waals surface area contributed by atoms with Gasteiger partial charge in [-0.2, -0.15) is 50.6 Å². The van der Waals surface area contributed by atoms with E-state index < -0.39 is 28.4 Å². The van der Waals surface area contributed by atoms with E-state index in [4.69, 9.17) is 10.5 Å². The molecule has 0 aliphatic rings. The Bertz CT molecular complexity index is 3600. The van der Waals surface area contributed by atoms with Crippen LogP contribution in [-0.4, -0.2) is 207 Å². The summed E-state index contributed by atoms with van der Waals surface area (Å²) in [5.41, 5.74) is 5.41. The number of nitrogens with zero attached hydrogens (tertiary/aromatic N) is 22. The number of nitro groups is 1. The van der Waals surface area contributed by atoms with Gasteiger partial charge in [0.15, 0.2) is 0 Å². The van der Waals surface area contributed by atoms with Crippen molar-refractivity contribution >= 4 is 101 Å². The van der Waals surface area contributed by atoms with E-state index in [1.165, 1.54) is 122 Å². The minimum atomic E-state index is -0.790. The molecule has 4 N–H and O–H groups in total. The maximum atomic E-state index is 11.5. The second-order valence-electron chi connectivity index (χ2n) is 18.5. The van der Waals surface area contributed by atoms with Gasteiger partial charge in [-0.25, -0.2) is 32.9 Å². The second-order valence-corrected chi connectivity index (χ2v) is 18.5. The summed E-state index contributed by atoms with van der Waals surface area (Å²) in [5.74, 6) is -2.36. The number of aromatic nitrogens is 12. The van der Waals surface area contributed by atoms with Crippen LogP contribution >= 0.6 is 0 Å². The monoisotopic (exact) mass is 1250 g/mol. The van der Waals surface area contributed by atoms with Crippen molar-refractivity contribution in [2.45, 2.75) is 95.6 Å². The summed E-state index contributed by atoms with van der Waals surface area (Å²) in [6.45, 7) is 18.9. The molecule has 0 fully saturated rings. The largest absolute Gasteiger partial charge is 0.442 e. The Kier molecular flexibility index (Phi) is 31.6. The lowest BCUT2D eigenvalue weighted by atomic mass is 10.2. The second kappa shape index (κ2) is 37.4. The van der Waals surface area contributed by atoms with E-state index in [1.807, 2.05) is 6.92 Å². The molecular weight excluding hydrogens is 1180 g/mol. The van der Waals surface area contributed by atoms with Gasteiger partial charge in [-0.15, -0.1) is 4.99 Å². The highest BCUT2D eigenvalue weighted by molar-refractivity contribution is 6.04. The van der Waals surface area contributed by atoms with Gasteiger partial charge in [-0.1, -0.05) is 0 Å². The first kappa shape index (κ1) is 76.0. The summed E-state index contributed by atoms with van der Waals surface area (Å²) < 4.78 is 12.9. The Hall–Kier alpha value is -12.0. The molecule has 38 heteroatoms. The van der Waals surface area contributed by atoms with Crippen LogP contribution in [0.15, 0.2) is 129 Å². The summed E-state index contributed by atoms with van der Waals surface area (Å²) in [7, 11) is 6.08. The van der Waals surface area contributed by atoms with Gasteiger partial charge in [0.05, 0.1) is 11.1 Å². The van der Waals surface area contributed by atoms with E-state index in [2.05, 4.69) is 71.2 Å². The highest BCUT2D eigenvalue weighted by Gasteiger charge is 2.21. The lowest BCUT2D eigenvalue weighted by molar-refractivity contribution is -0.384. The lowest BCUT2D eigenvalue weighted by Crippen LogP contribution is -2.37. The third-order valence-corrected chi connectivity index (χ3v) is 9.54. The zero-order chi connectivity index (χ0) is 68.6. The first-order chi connectivity index (χ1) is 42.0. The highest BCUT2D eigenvalue weighted by atomic mass is 16.6. The standard InChI is InChI=1S/C11H16N4O3.C10H14N4O2.C9H11N5O4.C9H12N4O2.C8H10N4O2.C5H8N4/c1-8(16)13-9(15-7-5-6-12-15)14-10(17)18-11(2,3)4;1-7-5-11-14(6-7)10(12-8(2)15)13(4)9(3)16;1-6(15)11-9(12(3)7(2)16)13-5-8(4-10-13)14(17)18;1-7(14)11-9(12(3)8(2)15)13-6-4-5-10-13;1-6(13)10-8(11-7(2)14)12-5-3-4-9-12;1-7-5(6)9-4-2-3-8-9/h5-7H,1-4H3,(H,13,14,16,17);5-6H,1-4H3;4-5H,1-3H3;4-6H,1-3H3;3-5H,1-2H3,(H,10,11,13,14);2-4H,1H3,(H2,6,7). The molecule has 482 valence electrons. The van der Waals surface area contributed by atoms with Gasteiger partial charge >= 0.3 is 11.8 Å². The van der Waals surface area contributed by atoms with Crippen molar-refractivity contribution in [1.29, 1.82) is 0 Å². The molecule has 0 saturated heterocycles. The first-order valence-corrected chi connectivity index (χ1v) is 25.9. The van der Waals surface area contributed by atoms with Crippen LogP contribution in [0.1, 0.15) is 88.6 Å². The average molecular weight is 1250 g/mol. The average Bonchev–Trinajstić information content (AvgIpc) is 2.12. The maximum absolute atomic E-state index is 11.5. The third-order valence-electron chi connectivity index (χ3n) is 9.54. The number of rotatable bonds is 1. The van der Waals surface area contributed by atoms with Gasteiger partial charge in [0, 0.05) is 146 Å². The molecule has 38 nitrogen and oxygen atoms in total. The van der Waals surface area contributed by atoms with E-state index in [1.54, 1.807) is 109 Å². The molecule has 0 radical (unpaired) electrons. The number of nitrogens with two attached hydrogens (primary N) is 1. The van der Waals surface area contributed by atoms with Crippen LogP contribution in [0.5, 0.6) is 0 Å². The van der Waals surface area contributed by atoms with Crippen molar-refractivity contribution < 1.29 is 57.6 Å². The van der Waals surface area contributed by atoms with Gasteiger partial charge in [-0.3, -0.25) is 83.6 Å². The number of aliphatic imine (C=N–C) groups is 6. The molecule has 6 rings (SSSR count). The fraction of sp³-hybridized carbons (Fsp3) is 0.346. The molecule has 6 heterocycles. The van der Waals surface area contributed by atoms with Crippen molar-refractivity contribution in [2.24, 2.45) is 35.7 Å². The lowest BCUT2D eigenvalue weighted by Gasteiger charge is -2.17. The molecule has 0 aliphatic carbocycles. The molecule has 6 aromatic rings. The van der Waals surface area contributed by atoms with Crippen LogP contribution in [0, 0.1) is 17.0 Å². The van der Waals surface area contributed by atoms with Crippen molar-refractivity contribution in [2.75, 3.05) is 28.2 Å². The zero-order valence-corrected chi connectivity index (χ0v) is 52.5. The minimum Gasteiger partial charge on any atom is -0.442 e. The predicted octanol–water partition coefficient (Wildman–Crippen LogP) is 1.16. The smallest absolute Gasteiger partial charge is 0.437 e. The summed E-state index contributed by atoms with van der Waals surface area (Å²) in [6, 6.07) is 6.78. The molecule has 0 atom stereocenters. The summed E-state index contributed by atoms with van der Waals surface area (Å²) in [4.78, 5) is 146. The van der Waals surface area contributed by atoms with E-state index in [0.29, 0.717) is 5.96 Å².